The first-order valence-electron chi connectivity index (χ1n) is 5.44. The Morgan fingerprint density at radius 3 is 2.69 bits per heavy atom. The molecular weight excluding hydrogens is 198 g/mol. The van der Waals surface area contributed by atoms with Gasteiger partial charge in [-0.15, -0.1) is 0 Å². The summed E-state index contributed by atoms with van der Waals surface area (Å²) in [7, 11) is 0. The molecule has 0 spiro atoms. The molecule has 0 amide bonds. The van der Waals surface area contributed by atoms with E-state index in [4.69, 9.17) is 10.5 Å². The second-order valence-electron chi connectivity index (χ2n) is 3.56. The van der Waals surface area contributed by atoms with Crippen molar-refractivity contribution in [2.75, 3.05) is 6.54 Å². The number of nitrogens with zero attached hydrogens (tertiary/aromatic N) is 2. The first kappa shape index (κ1) is 12.2. The van der Waals surface area contributed by atoms with Crippen LogP contribution in [0.4, 0.5) is 0 Å². The summed E-state index contributed by atoms with van der Waals surface area (Å²) in [5.41, 5.74) is 1.76. The van der Waals surface area contributed by atoms with Crippen LogP contribution in [0.1, 0.15) is 30.4 Å². The van der Waals surface area contributed by atoms with E-state index in [2.05, 4.69) is 17.5 Å². The van der Waals surface area contributed by atoms with Gasteiger partial charge in [-0.1, -0.05) is 18.2 Å². The fourth-order valence-corrected chi connectivity index (χ4v) is 1.46. The highest BCUT2D eigenvalue weighted by Gasteiger charge is 1.99. The molecule has 0 fully saturated rings. The summed E-state index contributed by atoms with van der Waals surface area (Å²) in [6.07, 6.45) is 2.56. The van der Waals surface area contributed by atoms with Gasteiger partial charge >= 0.3 is 0 Å². The smallest absolute Gasteiger partial charge is 0.0995 e. The third-order valence-corrected chi connectivity index (χ3v) is 2.35. The van der Waals surface area contributed by atoms with E-state index in [0.717, 1.165) is 37.1 Å². The Labute approximate surface area is 96.3 Å². The van der Waals surface area contributed by atoms with Crippen LogP contribution in [0.25, 0.3) is 0 Å². The van der Waals surface area contributed by atoms with Crippen LogP contribution in [0.3, 0.4) is 0 Å². The minimum atomic E-state index is 0.621. The van der Waals surface area contributed by atoms with Crippen LogP contribution in [0.15, 0.2) is 24.3 Å². The van der Waals surface area contributed by atoms with Gasteiger partial charge in [0.25, 0.3) is 0 Å². The molecule has 1 aromatic rings. The van der Waals surface area contributed by atoms with E-state index in [1.807, 2.05) is 24.3 Å². The second kappa shape index (κ2) is 7.45. The first-order valence-corrected chi connectivity index (χ1v) is 5.44. The molecule has 1 aromatic carbocycles. The largest absolute Gasteiger partial charge is 0.313 e. The van der Waals surface area contributed by atoms with Gasteiger partial charge in [0, 0.05) is 13.0 Å². The van der Waals surface area contributed by atoms with Gasteiger partial charge in [0.2, 0.25) is 0 Å². The minimum Gasteiger partial charge on any atom is -0.313 e. The lowest BCUT2D eigenvalue weighted by molar-refractivity contribution is 0.628. The van der Waals surface area contributed by atoms with Crippen LogP contribution < -0.4 is 5.32 Å². The number of hydrogen-bond donors (Lipinski definition) is 1. The Kier molecular flexibility index (Phi) is 5.70. The van der Waals surface area contributed by atoms with Crippen LogP contribution in [-0.2, 0) is 6.54 Å². The maximum absolute atomic E-state index is 8.88. The summed E-state index contributed by atoms with van der Waals surface area (Å²) < 4.78 is 0. The molecule has 3 heteroatoms. The number of rotatable bonds is 6. The lowest BCUT2D eigenvalue weighted by Crippen LogP contribution is -2.15. The van der Waals surface area contributed by atoms with Gasteiger partial charge in [-0.25, -0.2) is 0 Å². The van der Waals surface area contributed by atoms with E-state index in [1.54, 1.807) is 0 Å². The van der Waals surface area contributed by atoms with Crippen molar-refractivity contribution in [3.8, 4) is 12.1 Å². The predicted molar refractivity (Wildman–Crippen MR) is 62.3 cm³/mol. The average molecular weight is 213 g/mol. The van der Waals surface area contributed by atoms with Crippen molar-refractivity contribution >= 4 is 0 Å². The van der Waals surface area contributed by atoms with Gasteiger partial charge < -0.3 is 5.32 Å². The molecule has 0 radical (unpaired) electrons. The summed E-state index contributed by atoms with van der Waals surface area (Å²) in [6.45, 7) is 1.61. The molecular formula is C13H15N3. The summed E-state index contributed by atoms with van der Waals surface area (Å²) in [4.78, 5) is 0. The van der Waals surface area contributed by atoms with Crippen LogP contribution in [-0.4, -0.2) is 6.54 Å². The van der Waals surface area contributed by atoms with E-state index >= 15 is 0 Å². The highest BCUT2D eigenvalue weighted by Crippen LogP contribution is 2.06. The summed E-state index contributed by atoms with van der Waals surface area (Å²) in [6, 6.07) is 11.9. The van der Waals surface area contributed by atoms with Crippen molar-refractivity contribution in [2.24, 2.45) is 0 Å². The third kappa shape index (κ3) is 4.13. The van der Waals surface area contributed by atoms with E-state index in [9.17, 15) is 0 Å². The maximum Gasteiger partial charge on any atom is 0.0995 e. The Morgan fingerprint density at radius 1 is 1.12 bits per heavy atom. The molecule has 0 saturated carbocycles. The zero-order chi connectivity index (χ0) is 11.6. The number of hydrogen-bond acceptors (Lipinski definition) is 3. The topological polar surface area (TPSA) is 59.6 Å². The molecule has 0 saturated heterocycles. The second-order valence-corrected chi connectivity index (χ2v) is 3.56. The Bertz CT molecular complexity index is 398. The van der Waals surface area contributed by atoms with Gasteiger partial charge in [0.05, 0.1) is 17.7 Å². The monoisotopic (exact) mass is 213 g/mol. The van der Waals surface area contributed by atoms with Gasteiger partial charge in [0.15, 0.2) is 0 Å². The quantitative estimate of drug-likeness (QED) is 0.738. The van der Waals surface area contributed by atoms with Gasteiger partial charge in [-0.05, 0) is 31.0 Å². The third-order valence-electron chi connectivity index (χ3n) is 2.35. The van der Waals surface area contributed by atoms with E-state index in [0.29, 0.717) is 6.42 Å². The molecule has 0 aliphatic carbocycles. The molecule has 0 aliphatic rings. The molecule has 0 aliphatic heterocycles. The van der Waals surface area contributed by atoms with E-state index in [1.165, 1.54) is 0 Å². The molecule has 0 atom stereocenters. The summed E-state index contributed by atoms with van der Waals surface area (Å²) >= 11 is 0. The normalized spacial score (nSPS) is 9.38. The highest BCUT2D eigenvalue weighted by atomic mass is 14.8. The SMILES string of the molecule is N#CCCCCNCc1ccccc1C#N. The van der Waals surface area contributed by atoms with E-state index in [-0.39, 0.29) is 0 Å². The zero-order valence-corrected chi connectivity index (χ0v) is 9.24. The molecule has 0 aromatic heterocycles. The highest BCUT2D eigenvalue weighted by molar-refractivity contribution is 5.37. The fraction of sp³-hybridized carbons (Fsp3) is 0.385. The van der Waals surface area contributed by atoms with Crippen molar-refractivity contribution in [3.05, 3.63) is 35.4 Å². The summed E-state index contributed by atoms with van der Waals surface area (Å²) in [5, 5.41) is 20.5. The molecule has 0 heterocycles. The van der Waals surface area contributed by atoms with Gasteiger partial charge in [-0.2, -0.15) is 10.5 Å². The van der Waals surface area contributed by atoms with Crippen molar-refractivity contribution in [1.29, 1.82) is 10.5 Å². The van der Waals surface area contributed by atoms with Crippen LogP contribution >= 0.6 is 0 Å². The Morgan fingerprint density at radius 2 is 1.94 bits per heavy atom. The molecule has 3 nitrogen and oxygen atoms in total. The molecule has 0 unspecified atom stereocenters. The van der Waals surface area contributed by atoms with Crippen LogP contribution in [0.2, 0.25) is 0 Å². The van der Waals surface area contributed by atoms with Crippen molar-refractivity contribution in [2.45, 2.75) is 25.8 Å². The van der Waals surface area contributed by atoms with Crippen LogP contribution in [0.5, 0.6) is 0 Å². The van der Waals surface area contributed by atoms with Gasteiger partial charge in [0.1, 0.15) is 0 Å². The lowest BCUT2D eigenvalue weighted by Gasteiger charge is -2.05. The molecule has 16 heavy (non-hydrogen) atoms. The van der Waals surface area contributed by atoms with Crippen molar-refractivity contribution in [3.63, 3.8) is 0 Å². The molecule has 1 rings (SSSR count). The lowest BCUT2D eigenvalue weighted by atomic mass is 10.1. The fourth-order valence-electron chi connectivity index (χ4n) is 1.46. The molecule has 0 bridgehead atoms. The minimum absolute atomic E-state index is 0.621. The van der Waals surface area contributed by atoms with Crippen molar-refractivity contribution in [1.82, 2.24) is 5.32 Å². The van der Waals surface area contributed by atoms with E-state index < -0.39 is 0 Å². The molecule has 1 N–H and O–H groups in total. The maximum atomic E-state index is 8.88. The Hall–Kier alpha value is -1.84. The zero-order valence-electron chi connectivity index (χ0n) is 9.24. The number of nitrogens with one attached hydrogen (secondary N) is 1. The van der Waals surface area contributed by atoms with Crippen molar-refractivity contribution < 1.29 is 0 Å². The molecule has 82 valence electrons. The Balaban J connectivity index is 2.27. The standard InChI is InChI=1S/C13H15N3/c14-8-4-1-5-9-16-11-13-7-3-2-6-12(13)10-15/h2-3,6-7,16H,1,4-5,9,11H2. The number of benzene rings is 1. The van der Waals surface area contributed by atoms with Gasteiger partial charge in [-0.3, -0.25) is 0 Å². The predicted octanol–water partition coefficient (Wildman–Crippen LogP) is 2.34. The summed E-state index contributed by atoms with van der Waals surface area (Å²) in [5.74, 6) is 0. The average Bonchev–Trinajstić information content (AvgIpc) is 2.34. The van der Waals surface area contributed by atoms with Crippen LogP contribution in [0, 0.1) is 22.7 Å². The first-order chi connectivity index (χ1) is 7.88. The number of unbranched alkanes of at least 4 members (excludes halogenated alkanes) is 2. The number of nitriles is 2.